The molecular weight excluding hydrogens is 703 g/mol. The van der Waals surface area contributed by atoms with Gasteiger partial charge in [0.2, 0.25) is 0 Å². The Morgan fingerprint density at radius 3 is 2.07 bits per heavy atom. The van der Waals surface area contributed by atoms with E-state index in [4.69, 9.17) is 4.74 Å². The van der Waals surface area contributed by atoms with Crippen molar-refractivity contribution in [3.63, 3.8) is 0 Å². The molecule has 5 unspecified atom stereocenters. The first-order chi connectivity index (χ1) is 28.7. The predicted octanol–water partition coefficient (Wildman–Crippen LogP) is 14.8. The Morgan fingerprint density at radius 2 is 1.24 bits per heavy atom. The molecule has 0 N–H and O–H groups in total. The molecule has 0 spiro atoms. The molecule has 4 aliphatic rings. The zero-order valence-corrected chi connectivity index (χ0v) is 33.3. The largest absolute Gasteiger partial charge is 0.460 e. The molecule has 2 nitrogen and oxygen atoms in total. The molecule has 0 saturated heterocycles. The van der Waals surface area contributed by atoms with Crippen molar-refractivity contribution in [1.29, 1.82) is 0 Å². The minimum atomic E-state index is 0.259. The van der Waals surface area contributed by atoms with Gasteiger partial charge in [0.15, 0.2) is 0 Å². The monoisotopic (exact) mass is 749 g/mol. The van der Waals surface area contributed by atoms with Gasteiger partial charge in [-0.05, 0) is 118 Å². The summed E-state index contributed by atoms with van der Waals surface area (Å²) in [5.41, 5.74) is 19.4. The topological polar surface area (TPSA) is 14.2 Å². The summed E-state index contributed by atoms with van der Waals surface area (Å²) in [6.07, 6.45) is 5.37. The molecule has 12 rings (SSSR count). The van der Waals surface area contributed by atoms with E-state index in [0.29, 0.717) is 11.8 Å². The fourth-order valence-electron chi connectivity index (χ4n) is 11.9. The molecule has 7 aromatic carbocycles. The van der Waals surface area contributed by atoms with Gasteiger partial charge in [0.25, 0.3) is 0 Å². The van der Waals surface area contributed by atoms with Crippen molar-refractivity contribution >= 4 is 27.4 Å². The van der Waals surface area contributed by atoms with Crippen molar-refractivity contribution in [2.24, 2.45) is 11.8 Å². The summed E-state index contributed by atoms with van der Waals surface area (Å²) in [7, 11) is 0. The van der Waals surface area contributed by atoms with Crippen molar-refractivity contribution in [3.8, 4) is 39.1 Å². The average molecular weight is 750 g/mol. The molecule has 5 atom stereocenters. The van der Waals surface area contributed by atoms with E-state index < -0.39 is 0 Å². The van der Waals surface area contributed by atoms with E-state index in [1.54, 1.807) is 0 Å². The summed E-state index contributed by atoms with van der Waals surface area (Å²) in [4.78, 5) is 0. The second kappa shape index (κ2) is 13.2. The molecule has 2 heterocycles. The highest BCUT2D eigenvalue weighted by molar-refractivity contribution is 6.10. The first-order valence-corrected chi connectivity index (χ1v) is 21.6. The van der Waals surface area contributed by atoms with Crippen LogP contribution in [0, 0.1) is 11.8 Å². The number of para-hydroxylation sites is 2. The summed E-state index contributed by atoms with van der Waals surface area (Å²) >= 11 is 0. The van der Waals surface area contributed by atoms with Crippen LogP contribution in [0.15, 0.2) is 163 Å². The standard InChI is InChI=1S/C56H47NO/c1-3-37-50(31-28-34(2)53-46-23-12-14-27-52(46)58-56(53)54(37)35-16-5-4-6-17-35)57-49-26-13-11-22-42(49)48-33-47-36(32-51(48)57)29-30-45-41-21-10-8-19-39(41)38-18-7-9-20-40(38)43-24-15-25-44(47)55(43)45/h4-27,32-34,37,45,50,53H,3,28-31H2,1-2H3/b56-54+. The van der Waals surface area contributed by atoms with E-state index in [1.807, 2.05) is 0 Å². The van der Waals surface area contributed by atoms with Crippen molar-refractivity contribution in [2.75, 3.05) is 0 Å². The molecule has 1 aliphatic heterocycles. The Hall–Kier alpha value is -6.12. The molecule has 3 aliphatic carbocycles. The number of rotatable bonds is 3. The Labute approximate surface area is 341 Å². The van der Waals surface area contributed by atoms with Gasteiger partial charge in [0, 0.05) is 56.7 Å². The predicted molar refractivity (Wildman–Crippen MR) is 240 cm³/mol. The lowest BCUT2D eigenvalue weighted by molar-refractivity contribution is 0.294. The van der Waals surface area contributed by atoms with Gasteiger partial charge in [-0.15, -0.1) is 0 Å². The molecule has 2 heteroatoms. The van der Waals surface area contributed by atoms with Gasteiger partial charge in [-0.2, -0.15) is 0 Å². The van der Waals surface area contributed by atoms with Crippen LogP contribution in [0.4, 0.5) is 0 Å². The third-order valence-corrected chi connectivity index (χ3v) is 14.4. The summed E-state index contributed by atoms with van der Waals surface area (Å²) in [6, 6.07) is 60.0. The molecule has 0 radical (unpaired) electrons. The first-order valence-electron chi connectivity index (χ1n) is 21.6. The van der Waals surface area contributed by atoms with Crippen LogP contribution in [0.3, 0.4) is 0 Å². The summed E-state index contributed by atoms with van der Waals surface area (Å²) in [5.74, 6) is 3.49. The summed E-state index contributed by atoms with van der Waals surface area (Å²) in [6.45, 7) is 4.86. The van der Waals surface area contributed by atoms with E-state index in [2.05, 4.69) is 176 Å². The van der Waals surface area contributed by atoms with E-state index in [9.17, 15) is 0 Å². The molecule has 58 heavy (non-hydrogen) atoms. The van der Waals surface area contributed by atoms with Crippen molar-refractivity contribution in [3.05, 3.63) is 191 Å². The summed E-state index contributed by atoms with van der Waals surface area (Å²) < 4.78 is 9.82. The normalized spacial score (nSPS) is 22.9. The van der Waals surface area contributed by atoms with Gasteiger partial charge in [-0.25, -0.2) is 0 Å². The zero-order valence-electron chi connectivity index (χ0n) is 33.3. The highest BCUT2D eigenvalue weighted by Gasteiger charge is 2.42. The van der Waals surface area contributed by atoms with Crippen LogP contribution >= 0.6 is 0 Å². The maximum Gasteiger partial charge on any atom is 0.130 e. The Morgan fingerprint density at radius 1 is 0.569 bits per heavy atom. The lowest BCUT2D eigenvalue weighted by atomic mass is 9.72. The van der Waals surface area contributed by atoms with Gasteiger partial charge >= 0.3 is 0 Å². The Bertz CT molecular complexity index is 2960. The van der Waals surface area contributed by atoms with Crippen LogP contribution in [0.5, 0.6) is 5.75 Å². The van der Waals surface area contributed by atoms with Gasteiger partial charge < -0.3 is 9.30 Å². The molecule has 0 bridgehead atoms. The zero-order chi connectivity index (χ0) is 38.5. The molecular formula is C56H47NO. The molecule has 8 aromatic rings. The Kier molecular flexibility index (Phi) is 7.74. The van der Waals surface area contributed by atoms with Gasteiger partial charge in [-0.1, -0.05) is 147 Å². The highest BCUT2D eigenvalue weighted by atomic mass is 16.5. The second-order valence-electron chi connectivity index (χ2n) is 17.3. The average Bonchev–Trinajstić information content (AvgIpc) is 3.71. The van der Waals surface area contributed by atoms with Crippen LogP contribution in [0.2, 0.25) is 0 Å². The number of aryl methyl sites for hydroxylation is 1. The van der Waals surface area contributed by atoms with E-state index >= 15 is 0 Å². The smallest absolute Gasteiger partial charge is 0.130 e. The molecule has 0 fully saturated rings. The first kappa shape index (κ1) is 34.0. The quantitative estimate of drug-likeness (QED) is 0.175. The highest BCUT2D eigenvalue weighted by Crippen LogP contribution is 2.56. The number of hydrogen-bond donors (Lipinski definition) is 0. The van der Waals surface area contributed by atoms with Crippen molar-refractivity contribution < 1.29 is 4.74 Å². The fraction of sp³-hybridized carbons (Fsp3) is 0.214. The van der Waals surface area contributed by atoms with Crippen LogP contribution in [0.1, 0.15) is 85.2 Å². The number of aromatic nitrogens is 1. The van der Waals surface area contributed by atoms with Crippen molar-refractivity contribution in [2.45, 2.75) is 63.8 Å². The minimum absolute atomic E-state index is 0.259. The lowest BCUT2D eigenvalue weighted by Gasteiger charge is -2.37. The number of nitrogens with zero attached hydrogens (tertiary/aromatic N) is 1. The van der Waals surface area contributed by atoms with Crippen molar-refractivity contribution in [1.82, 2.24) is 4.57 Å². The van der Waals surface area contributed by atoms with Crippen LogP contribution in [0.25, 0.3) is 60.8 Å². The third kappa shape index (κ3) is 4.90. The number of benzene rings is 7. The number of fused-ring (bicyclic) bond motifs is 13. The lowest BCUT2D eigenvalue weighted by Crippen LogP contribution is -2.27. The fourth-order valence-corrected chi connectivity index (χ4v) is 11.9. The molecule has 0 saturated carbocycles. The maximum atomic E-state index is 7.04. The summed E-state index contributed by atoms with van der Waals surface area (Å²) in [5, 5.41) is 2.71. The van der Waals surface area contributed by atoms with Crippen LogP contribution in [-0.2, 0) is 6.42 Å². The SMILES string of the molecule is CCC1/C(c2ccccc2)=C2/Oc3ccccc3C2C(C)CCC1n1c2ccccc2c2cc3c(cc21)CCC1c2ccccc2-c2ccccc2-c2cccc-3c21. The maximum absolute atomic E-state index is 7.04. The van der Waals surface area contributed by atoms with Gasteiger partial charge in [-0.3, -0.25) is 0 Å². The van der Waals surface area contributed by atoms with Crippen LogP contribution in [-0.4, -0.2) is 4.57 Å². The second-order valence-corrected chi connectivity index (χ2v) is 17.3. The van der Waals surface area contributed by atoms with E-state index in [0.717, 1.165) is 37.9 Å². The number of allylic oxidation sites excluding steroid dienone is 2. The molecule has 1 aromatic heterocycles. The minimum Gasteiger partial charge on any atom is -0.460 e. The van der Waals surface area contributed by atoms with Gasteiger partial charge in [0.05, 0.1) is 0 Å². The number of ether oxygens (including phenoxy) is 1. The van der Waals surface area contributed by atoms with E-state index in [1.165, 1.54) is 94.3 Å². The molecule has 282 valence electrons. The Balaban J connectivity index is 1.09. The number of hydrogen-bond acceptors (Lipinski definition) is 1. The van der Waals surface area contributed by atoms with E-state index in [-0.39, 0.29) is 17.9 Å². The van der Waals surface area contributed by atoms with Crippen LogP contribution < -0.4 is 4.74 Å². The van der Waals surface area contributed by atoms with Gasteiger partial charge in [0.1, 0.15) is 11.5 Å². The third-order valence-electron chi connectivity index (χ3n) is 14.4. The molecule has 0 amide bonds.